The average molecular weight is 425 g/mol. The molecule has 0 saturated heterocycles. The first-order chi connectivity index (χ1) is 14.1. The van der Waals surface area contributed by atoms with Crippen molar-refractivity contribution in [1.82, 2.24) is 4.98 Å². The maximum atomic E-state index is 12.7. The van der Waals surface area contributed by atoms with Crippen LogP contribution in [0.3, 0.4) is 0 Å². The number of benzene rings is 2. The van der Waals surface area contributed by atoms with Crippen molar-refractivity contribution in [3.05, 3.63) is 59.8 Å². The molecule has 8 heteroatoms. The van der Waals surface area contributed by atoms with E-state index >= 15 is 0 Å². The van der Waals surface area contributed by atoms with Crippen molar-refractivity contribution in [2.24, 2.45) is 0 Å². The van der Waals surface area contributed by atoms with E-state index in [0.29, 0.717) is 28.5 Å². The van der Waals surface area contributed by atoms with Gasteiger partial charge in [-0.2, -0.15) is 5.26 Å². The molecule has 2 aromatic carbocycles. The molecule has 30 heavy (non-hydrogen) atoms. The van der Waals surface area contributed by atoms with Gasteiger partial charge in [-0.3, -0.25) is 9.78 Å². The summed E-state index contributed by atoms with van der Waals surface area (Å²) in [6.07, 6.45) is 3.14. The number of amides is 1. The number of ether oxygens (including phenoxy) is 3. The Morgan fingerprint density at radius 2 is 1.77 bits per heavy atom. The number of aromatic nitrogens is 1. The number of nitriles is 1. The fraction of sp³-hybridized carbons (Fsp3) is 0.136. The van der Waals surface area contributed by atoms with Gasteiger partial charge < -0.3 is 31.9 Å². The molecule has 0 atom stereocenters. The maximum Gasteiger partial charge on any atom is 0.266 e. The summed E-state index contributed by atoms with van der Waals surface area (Å²) in [6.45, 7) is 0. The first-order valence-electron chi connectivity index (χ1n) is 8.68. The van der Waals surface area contributed by atoms with Crippen molar-refractivity contribution in [3.63, 3.8) is 0 Å². The number of rotatable bonds is 6. The molecule has 0 fully saturated rings. The van der Waals surface area contributed by atoms with Crippen LogP contribution in [0.1, 0.15) is 5.56 Å². The number of fused-ring (bicyclic) bond motifs is 1. The van der Waals surface area contributed by atoms with Crippen molar-refractivity contribution in [3.8, 4) is 23.3 Å². The number of carbonyl (C=O) groups is 1. The van der Waals surface area contributed by atoms with Gasteiger partial charge in [0.15, 0.2) is 11.5 Å². The minimum absolute atomic E-state index is 0. The highest BCUT2D eigenvalue weighted by molar-refractivity contribution is 6.12. The minimum atomic E-state index is -0.530. The van der Waals surface area contributed by atoms with Gasteiger partial charge in [-0.1, -0.05) is 6.07 Å². The van der Waals surface area contributed by atoms with Crippen molar-refractivity contribution < 1.29 is 31.4 Å². The summed E-state index contributed by atoms with van der Waals surface area (Å²) in [5, 5.41) is 13.1. The number of pyridine rings is 1. The number of hydrogen-bond acceptors (Lipinski definition) is 6. The van der Waals surface area contributed by atoms with E-state index in [9.17, 15) is 10.1 Å². The van der Waals surface area contributed by atoms with Gasteiger partial charge in [-0.15, -0.1) is 0 Å². The lowest BCUT2D eigenvalue weighted by Gasteiger charge is -2.13. The molecule has 0 unspecified atom stereocenters. The third-order valence-corrected chi connectivity index (χ3v) is 4.26. The molecule has 3 aromatic rings. The normalized spacial score (nSPS) is 10.5. The second-order valence-electron chi connectivity index (χ2n) is 5.96. The van der Waals surface area contributed by atoms with E-state index in [1.807, 2.05) is 18.2 Å². The van der Waals surface area contributed by atoms with Gasteiger partial charge >= 0.3 is 0 Å². The van der Waals surface area contributed by atoms with Gasteiger partial charge in [-0.25, -0.2) is 0 Å². The van der Waals surface area contributed by atoms with Crippen LogP contribution in [0.5, 0.6) is 17.2 Å². The highest BCUT2D eigenvalue weighted by Crippen LogP contribution is 2.38. The van der Waals surface area contributed by atoms with Gasteiger partial charge in [0.2, 0.25) is 5.75 Å². The largest absolute Gasteiger partial charge is 1.00 e. The second kappa shape index (κ2) is 10.1. The first kappa shape index (κ1) is 22.5. The van der Waals surface area contributed by atoms with Crippen LogP contribution < -0.4 is 31.9 Å². The van der Waals surface area contributed by atoms with Gasteiger partial charge in [0, 0.05) is 11.6 Å². The molecule has 0 spiro atoms. The van der Waals surface area contributed by atoms with Crippen molar-refractivity contribution in [2.45, 2.75) is 0 Å². The number of hydrogen-bond donors (Lipinski definition) is 1. The Balaban J connectivity index is 0.00000320. The number of halogens is 1. The lowest BCUT2D eigenvalue weighted by molar-refractivity contribution is -0.112. The summed E-state index contributed by atoms with van der Waals surface area (Å²) < 4.78 is 15.9. The Kier molecular flexibility index (Phi) is 7.62. The predicted octanol–water partition coefficient (Wildman–Crippen LogP) is 0.810. The third kappa shape index (κ3) is 4.62. The maximum absolute atomic E-state index is 12.7. The molecule has 0 saturated carbocycles. The van der Waals surface area contributed by atoms with Gasteiger partial charge in [0.1, 0.15) is 11.6 Å². The Morgan fingerprint density at radius 1 is 1.07 bits per heavy atom. The van der Waals surface area contributed by atoms with Crippen LogP contribution in [0, 0.1) is 11.3 Å². The summed E-state index contributed by atoms with van der Waals surface area (Å²) >= 11 is 0. The average Bonchev–Trinajstić information content (AvgIpc) is 2.76. The molecule has 1 amide bonds. The van der Waals surface area contributed by atoms with Crippen molar-refractivity contribution >= 4 is 28.6 Å². The molecule has 0 aliphatic heterocycles. The fourth-order valence-electron chi connectivity index (χ4n) is 2.90. The van der Waals surface area contributed by atoms with Crippen LogP contribution >= 0.6 is 0 Å². The summed E-state index contributed by atoms with van der Waals surface area (Å²) in [5.74, 6) is 0.753. The second-order valence-corrected chi connectivity index (χ2v) is 5.96. The summed E-state index contributed by atoms with van der Waals surface area (Å²) in [4.78, 5) is 17.0. The van der Waals surface area contributed by atoms with E-state index in [1.54, 1.807) is 36.5 Å². The van der Waals surface area contributed by atoms with Crippen LogP contribution in [0.25, 0.3) is 17.0 Å². The molecule has 0 aliphatic carbocycles. The summed E-state index contributed by atoms with van der Waals surface area (Å²) in [7, 11) is 4.50. The van der Waals surface area contributed by atoms with Crippen molar-refractivity contribution in [2.75, 3.05) is 26.6 Å². The monoisotopic (exact) mass is 424 g/mol. The van der Waals surface area contributed by atoms with E-state index in [1.165, 1.54) is 27.4 Å². The zero-order chi connectivity index (χ0) is 20.8. The van der Waals surface area contributed by atoms with Gasteiger partial charge in [0.25, 0.3) is 5.91 Å². The summed E-state index contributed by atoms with van der Waals surface area (Å²) in [5.41, 5.74) is 1.81. The standard InChI is InChI=1S/C22H19N3O4.ClH/c1-27-19-11-14(12-20(28-2)21(19)29-3)10-15(13-23)22(26)25-18-8-4-7-17-16(18)6-5-9-24-17;/h4-12H,1-3H3,(H,25,26);1H/p-1/b15-10+;. The number of nitrogens with zero attached hydrogens (tertiary/aromatic N) is 2. The Labute approximate surface area is 180 Å². The molecule has 1 aromatic heterocycles. The smallest absolute Gasteiger partial charge is 0.266 e. The molecular weight excluding hydrogens is 406 g/mol. The predicted molar refractivity (Wildman–Crippen MR) is 110 cm³/mol. The zero-order valence-electron chi connectivity index (χ0n) is 16.6. The third-order valence-electron chi connectivity index (χ3n) is 4.26. The Hall–Kier alpha value is -3.76. The lowest BCUT2D eigenvalue weighted by Crippen LogP contribution is -3.00. The molecule has 154 valence electrons. The van der Waals surface area contributed by atoms with E-state index < -0.39 is 5.91 Å². The fourth-order valence-corrected chi connectivity index (χ4v) is 2.90. The number of anilines is 1. The summed E-state index contributed by atoms with van der Waals surface area (Å²) in [6, 6.07) is 14.3. The minimum Gasteiger partial charge on any atom is -1.00 e. The van der Waals surface area contributed by atoms with Crippen LogP contribution in [-0.2, 0) is 4.79 Å². The van der Waals surface area contributed by atoms with Crippen molar-refractivity contribution in [1.29, 1.82) is 5.26 Å². The Bertz CT molecular complexity index is 1110. The van der Waals surface area contributed by atoms with Gasteiger partial charge in [-0.05, 0) is 48.0 Å². The van der Waals surface area contributed by atoms with E-state index in [2.05, 4.69) is 10.3 Å². The topological polar surface area (TPSA) is 93.5 Å². The molecule has 3 rings (SSSR count). The van der Waals surface area contributed by atoms with Crippen LogP contribution in [0.4, 0.5) is 5.69 Å². The zero-order valence-corrected chi connectivity index (χ0v) is 17.4. The Morgan fingerprint density at radius 3 is 2.37 bits per heavy atom. The number of methoxy groups -OCH3 is 3. The van der Waals surface area contributed by atoms with E-state index in [4.69, 9.17) is 14.2 Å². The molecular formula is C22H19ClN3O4-. The van der Waals surface area contributed by atoms with E-state index in [0.717, 1.165) is 10.9 Å². The first-order valence-corrected chi connectivity index (χ1v) is 8.68. The molecule has 0 aliphatic rings. The lowest BCUT2D eigenvalue weighted by atomic mass is 10.1. The number of nitrogens with one attached hydrogen (secondary N) is 1. The molecule has 0 bridgehead atoms. The molecule has 7 nitrogen and oxygen atoms in total. The van der Waals surface area contributed by atoms with Crippen LogP contribution in [0.2, 0.25) is 0 Å². The SMILES string of the molecule is COc1cc(/C=C(\C#N)C(=O)Nc2cccc3ncccc23)cc(OC)c1OC.[Cl-]. The molecule has 0 radical (unpaired) electrons. The van der Waals surface area contributed by atoms with Gasteiger partial charge in [0.05, 0.1) is 32.5 Å². The van der Waals surface area contributed by atoms with Crippen LogP contribution in [-0.4, -0.2) is 32.2 Å². The quantitative estimate of drug-likeness (QED) is 0.465. The van der Waals surface area contributed by atoms with Crippen LogP contribution in [0.15, 0.2) is 54.2 Å². The highest BCUT2D eigenvalue weighted by Gasteiger charge is 2.15. The molecule has 1 heterocycles. The van der Waals surface area contributed by atoms with E-state index in [-0.39, 0.29) is 18.0 Å². The number of carbonyl (C=O) groups excluding carboxylic acids is 1. The highest BCUT2D eigenvalue weighted by atomic mass is 35.5. The molecule has 1 N–H and O–H groups in total.